The minimum absolute atomic E-state index is 0.105. The zero-order valence-corrected chi connectivity index (χ0v) is 13.4. The lowest BCUT2D eigenvalue weighted by atomic mass is 10.4. The maximum atomic E-state index is 12.1. The molecule has 0 spiro atoms. The van der Waals surface area contributed by atoms with Crippen LogP contribution in [0.4, 0.5) is 10.9 Å². The molecule has 3 heterocycles. The topological polar surface area (TPSA) is 92.3 Å². The van der Waals surface area contributed by atoms with Crippen molar-refractivity contribution >= 4 is 28.2 Å². The molecular weight excluding hydrogens is 316 g/mol. The quantitative estimate of drug-likeness (QED) is 0.805. The fourth-order valence-electron chi connectivity index (χ4n) is 2.15. The SMILES string of the molecule is O=C(NCCN1CCOCC1)c1cnc(Nc2ccncn2)s1. The number of amides is 1. The Bertz CT molecular complexity index is 629. The second kappa shape index (κ2) is 7.95. The summed E-state index contributed by atoms with van der Waals surface area (Å²) in [5.74, 6) is 0.542. The first-order valence-corrected chi connectivity index (χ1v) is 8.20. The first-order chi connectivity index (χ1) is 11.3. The molecule has 0 radical (unpaired) electrons. The number of anilines is 2. The van der Waals surface area contributed by atoms with Gasteiger partial charge in [-0.3, -0.25) is 9.69 Å². The number of carbonyl (C=O) groups is 1. The molecule has 0 aromatic carbocycles. The zero-order valence-electron chi connectivity index (χ0n) is 12.6. The molecule has 1 aliphatic heterocycles. The Morgan fingerprint density at radius 3 is 3.00 bits per heavy atom. The van der Waals surface area contributed by atoms with E-state index in [0.29, 0.717) is 22.4 Å². The second-order valence-electron chi connectivity index (χ2n) is 4.96. The third-order valence-corrected chi connectivity index (χ3v) is 4.28. The van der Waals surface area contributed by atoms with Crippen LogP contribution in [0.25, 0.3) is 0 Å². The molecule has 2 aromatic rings. The molecule has 1 aliphatic rings. The van der Waals surface area contributed by atoms with Gasteiger partial charge in [-0.15, -0.1) is 0 Å². The van der Waals surface area contributed by atoms with Crippen molar-refractivity contribution in [2.24, 2.45) is 0 Å². The van der Waals surface area contributed by atoms with Crippen molar-refractivity contribution in [3.63, 3.8) is 0 Å². The van der Waals surface area contributed by atoms with Crippen LogP contribution < -0.4 is 10.6 Å². The maximum absolute atomic E-state index is 12.1. The number of hydrogen-bond donors (Lipinski definition) is 2. The van der Waals surface area contributed by atoms with E-state index in [0.717, 1.165) is 32.8 Å². The van der Waals surface area contributed by atoms with Crippen molar-refractivity contribution in [3.05, 3.63) is 29.7 Å². The van der Waals surface area contributed by atoms with Crippen LogP contribution in [0.3, 0.4) is 0 Å². The normalized spacial score (nSPS) is 15.3. The van der Waals surface area contributed by atoms with E-state index < -0.39 is 0 Å². The van der Waals surface area contributed by atoms with E-state index in [1.165, 1.54) is 17.7 Å². The minimum Gasteiger partial charge on any atom is -0.379 e. The number of ether oxygens (including phenoxy) is 1. The molecule has 0 saturated carbocycles. The summed E-state index contributed by atoms with van der Waals surface area (Å²) in [6, 6.07) is 1.74. The molecule has 8 nitrogen and oxygen atoms in total. The first-order valence-electron chi connectivity index (χ1n) is 7.38. The van der Waals surface area contributed by atoms with E-state index in [9.17, 15) is 4.79 Å². The summed E-state index contributed by atoms with van der Waals surface area (Å²) < 4.78 is 5.30. The Kier molecular flexibility index (Phi) is 5.46. The Morgan fingerprint density at radius 2 is 2.22 bits per heavy atom. The van der Waals surface area contributed by atoms with E-state index in [2.05, 4.69) is 30.5 Å². The fraction of sp³-hybridized carbons (Fsp3) is 0.429. The summed E-state index contributed by atoms with van der Waals surface area (Å²) in [6.07, 6.45) is 4.66. The van der Waals surface area contributed by atoms with Gasteiger partial charge in [0.2, 0.25) is 0 Å². The largest absolute Gasteiger partial charge is 0.379 e. The number of rotatable bonds is 6. The summed E-state index contributed by atoms with van der Waals surface area (Å²) in [7, 11) is 0. The summed E-state index contributed by atoms with van der Waals surface area (Å²) in [5.41, 5.74) is 0. The van der Waals surface area contributed by atoms with Crippen LogP contribution in [0.1, 0.15) is 9.67 Å². The van der Waals surface area contributed by atoms with Gasteiger partial charge in [0.1, 0.15) is 17.0 Å². The highest BCUT2D eigenvalue weighted by atomic mass is 32.1. The molecule has 0 bridgehead atoms. The lowest BCUT2D eigenvalue weighted by Gasteiger charge is -2.26. The molecule has 9 heteroatoms. The van der Waals surface area contributed by atoms with Gasteiger partial charge in [0, 0.05) is 32.4 Å². The molecule has 0 unspecified atom stereocenters. The van der Waals surface area contributed by atoms with Crippen LogP contribution in [0.15, 0.2) is 24.8 Å². The van der Waals surface area contributed by atoms with E-state index in [1.807, 2.05) is 0 Å². The van der Waals surface area contributed by atoms with E-state index in [-0.39, 0.29) is 5.91 Å². The zero-order chi connectivity index (χ0) is 15.9. The number of nitrogens with one attached hydrogen (secondary N) is 2. The standard InChI is InChI=1S/C14H18N6O2S/c21-13(16-3-4-20-5-7-22-8-6-20)11-9-17-14(23-11)19-12-1-2-15-10-18-12/h1-2,9-10H,3-8H2,(H,16,21)(H,15,17,18,19). The molecule has 2 aromatic heterocycles. The van der Waals surface area contributed by atoms with Gasteiger partial charge in [-0.05, 0) is 6.07 Å². The number of thiazole rings is 1. The lowest BCUT2D eigenvalue weighted by molar-refractivity contribution is 0.0383. The second-order valence-corrected chi connectivity index (χ2v) is 5.99. The van der Waals surface area contributed by atoms with Gasteiger partial charge in [0.05, 0.1) is 19.4 Å². The Hall–Kier alpha value is -2.10. The van der Waals surface area contributed by atoms with Gasteiger partial charge in [-0.25, -0.2) is 15.0 Å². The molecule has 122 valence electrons. The van der Waals surface area contributed by atoms with Gasteiger partial charge >= 0.3 is 0 Å². The Morgan fingerprint density at radius 1 is 1.35 bits per heavy atom. The smallest absolute Gasteiger partial charge is 0.263 e. The first kappa shape index (κ1) is 15.8. The molecule has 3 rings (SSSR count). The maximum Gasteiger partial charge on any atom is 0.263 e. The van der Waals surface area contributed by atoms with Crippen LogP contribution >= 0.6 is 11.3 Å². The molecule has 23 heavy (non-hydrogen) atoms. The highest BCUT2D eigenvalue weighted by Crippen LogP contribution is 2.20. The molecule has 0 atom stereocenters. The number of nitrogens with zero attached hydrogens (tertiary/aromatic N) is 4. The van der Waals surface area contributed by atoms with Crippen molar-refractivity contribution in [3.8, 4) is 0 Å². The van der Waals surface area contributed by atoms with Crippen molar-refractivity contribution in [2.45, 2.75) is 0 Å². The summed E-state index contributed by atoms with van der Waals surface area (Å²) in [6.45, 7) is 4.82. The van der Waals surface area contributed by atoms with E-state index in [1.54, 1.807) is 18.5 Å². The monoisotopic (exact) mass is 334 g/mol. The lowest BCUT2D eigenvalue weighted by Crippen LogP contribution is -2.41. The number of aromatic nitrogens is 3. The summed E-state index contributed by atoms with van der Waals surface area (Å²) in [5, 5.41) is 6.59. The van der Waals surface area contributed by atoms with Crippen molar-refractivity contribution in [1.29, 1.82) is 0 Å². The number of morpholine rings is 1. The number of hydrogen-bond acceptors (Lipinski definition) is 8. The molecule has 1 saturated heterocycles. The average Bonchev–Trinajstić information content (AvgIpc) is 3.05. The van der Waals surface area contributed by atoms with E-state index >= 15 is 0 Å². The van der Waals surface area contributed by atoms with Crippen LogP contribution in [-0.4, -0.2) is 65.2 Å². The third-order valence-electron chi connectivity index (χ3n) is 3.36. The van der Waals surface area contributed by atoms with Gasteiger partial charge < -0.3 is 15.4 Å². The highest BCUT2D eigenvalue weighted by molar-refractivity contribution is 7.17. The van der Waals surface area contributed by atoms with Crippen molar-refractivity contribution in [1.82, 2.24) is 25.2 Å². The minimum atomic E-state index is -0.105. The van der Waals surface area contributed by atoms with Gasteiger partial charge in [0.15, 0.2) is 5.13 Å². The predicted octanol–water partition coefficient (Wildman–Crippen LogP) is 0.739. The van der Waals surface area contributed by atoms with Crippen LogP contribution in [-0.2, 0) is 4.74 Å². The van der Waals surface area contributed by atoms with Crippen molar-refractivity contribution < 1.29 is 9.53 Å². The molecule has 2 N–H and O–H groups in total. The van der Waals surface area contributed by atoms with Gasteiger partial charge in [0.25, 0.3) is 5.91 Å². The van der Waals surface area contributed by atoms with Crippen LogP contribution in [0.2, 0.25) is 0 Å². The molecule has 0 aliphatic carbocycles. The number of carbonyl (C=O) groups excluding carboxylic acids is 1. The average molecular weight is 334 g/mol. The summed E-state index contributed by atoms with van der Waals surface area (Å²) >= 11 is 1.29. The van der Waals surface area contributed by atoms with Crippen molar-refractivity contribution in [2.75, 3.05) is 44.7 Å². The van der Waals surface area contributed by atoms with Crippen LogP contribution in [0.5, 0.6) is 0 Å². The Labute approximate surface area is 137 Å². The predicted molar refractivity (Wildman–Crippen MR) is 87.0 cm³/mol. The highest BCUT2D eigenvalue weighted by Gasteiger charge is 2.13. The molecule has 1 amide bonds. The summed E-state index contributed by atoms with van der Waals surface area (Å²) in [4.78, 5) is 27.1. The fourth-order valence-corrected chi connectivity index (χ4v) is 2.89. The third kappa shape index (κ3) is 4.68. The Balaban J connectivity index is 1.46. The van der Waals surface area contributed by atoms with Crippen LogP contribution in [0, 0.1) is 0 Å². The van der Waals surface area contributed by atoms with Gasteiger partial charge in [-0.2, -0.15) is 0 Å². The van der Waals surface area contributed by atoms with E-state index in [4.69, 9.17) is 4.74 Å². The molecular formula is C14H18N6O2S. The van der Waals surface area contributed by atoms with Gasteiger partial charge in [-0.1, -0.05) is 11.3 Å². The molecule has 1 fully saturated rings.